The van der Waals surface area contributed by atoms with E-state index >= 15 is 0 Å². The van der Waals surface area contributed by atoms with Gasteiger partial charge in [-0.25, -0.2) is 0 Å². The van der Waals surface area contributed by atoms with E-state index in [-0.39, 0.29) is 18.3 Å². The number of fused-ring (bicyclic) bond motifs is 1. The highest BCUT2D eigenvalue weighted by Crippen LogP contribution is 2.32. The fourth-order valence-corrected chi connectivity index (χ4v) is 1.75. The molecule has 1 aromatic carbocycles. The fraction of sp³-hybridized carbons (Fsp3) is 0.231. The van der Waals surface area contributed by atoms with Crippen molar-refractivity contribution in [2.24, 2.45) is 0 Å². The molecule has 1 amide bonds. The SMILES string of the molecule is C=CCN1C(=O)COc2ccc(C(C)=O)cc21. The summed E-state index contributed by atoms with van der Waals surface area (Å²) >= 11 is 0. The Morgan fingerprint density at radius 3 is 3.00 bits per heavy atom. The molecule has 0 fully saturated rings. The van der Waals surface area contributed by atoms with E-state index in [4.69, 9.17) is 4.74 Å². The minimum Gasteiger partial charge on any atom is -0.482 e. The maximum absolute atomic E-state index is 11.7. The summed E-state index contributed by atoms with van der Waals surface area (Å²) in [5.74, 6) is 0.457. The first-order valence-electron chi connectivity index (χ1n) is 5.32. The van der Waals surface area contributed by atoms with Gasteiger partial charge in [0.25, 0.3) is 5.91 Å². The van der Waals surface area contributed by atoms with Gasteiger partial charge in [0.1, 0.15) is 5.75 Å². The highest BCUT2D eigenvalue weighted by atomic mass is 16.5. The third kappa shape index (κ3) is 2.06. The van der Waals surface area contributed by atoms with Gasteiger partial charge < -0.3 is 9.64 Å². The van der Waals surface area contributed by atoms with Crippen LogP contribution in [0.1, 0.15) is 17.3 Å². The molecule has 0 bridgehead atoms. The number of hydrogen-bond donors (Lipinski definition) is 0. The molecule has 2 rings (SSSR count). The standard InChI is InChI=1S/C13H13NO3/c1-3-6-14-11-7-10(9(2)15)4-5-12(11)17-8-13(14)16/h3-5,7H,1,6,8H2,2H3. The Morgan fingerprint density at radius 2 is 2.35 bits per heavy atom. The lowest BCUT2D eigenvalue weighted by Gasteiger charge is -2.28. The van der Waals surface area contributed by atoms with E-state index in [9.17, 15) is 9.59 Å². The largest absolute Gasteiger partial charge is 0.482 e. The Kier molecular flexibility index (Phi) is 2.95. The number of amides is 1. The van der Waals surface area contributed by atoms with Gasteiger partial charge in [-0.1, -0.05) is 6.08 Å². The molecule has 0 aromatic heterocycles. The van der Waals surface area contributed by atoms with Crippen molar-refractivity contribution in [2.45, 2.75) is 6.92 Å². The number of nitrogens with zero attached hydrogens (tertiary/aromatic N) is 1. The van der Waals surface area contributed by atoms with E-state index in [2.05, 4.69) is 6.58 Å². The number of hydrogen-bond acceptors (Lipinski definition) is 3. The molecule has 1 aromatic rings. The lowest BCUT2D eigenvalue weighted by Crippen LogP contribution is -2.38. The molecular formula is C13H13NO3. The Bertz CT molecular complexity index is 493. The molecular weight excluding hydrogens is 218 g/mol. The average molecular weight is 231 g/mol. The van der Waals surface area contributed by atoms with Crippen LogP contribution in [0.2, 0.25) is 0 Å². The third-order valence-electron chi connectivity index (χ3n) is 2.62. The second-order valence-electron chi connectivity index (χ2n) is 3.82. The molecule has 0 aliphatic carbocycles. The van der Waals surface area contributed by atoms with Crippen molar-refractivity contribution in [1.29, 1.82) is 0 Å². The number of ether oxygens (including phenoxy) is 1. The van der Waals surface area contributed by atoms with Crippen molar-refractivity contribution >= 4 is 17.4 Å². The number of ketones is 1. The predicted molar refractivity (Wildman–Crippen MR) is 64.5 cm³/mol. The quantitative estimate of drug-likeness (QED) is 0.588. The molecule has 4 heteroatoms. The van der Waals surface area contributed by atoms with Crippen molar-refractivity contribution < 1.29 is 14.3 Å². The summed E-state index contributed by atoms with van der Waals surface area (Å²) in [5, 5.41) is 0. The average Bonchev–Trinajstić information content (AvgIpc) is 2.32. The molecule has 1 aliphatic heterocycles. The summed E-state index contributed by atoms with van der Waals surface area (Å²) in [4.78, 5) is 24.6. The van der Waals surface area contributed by atoms with Gasteiger partial charge in [0.05, 0.1) is 5.69 Å². The highest BCUT2D eigenvalue weighted by molar-refractivity contribution is 6.01. The van der Waals surface area contributed by atoms with Crippen LogP contribution in [0.5, 0.6) is 5.75 Å². The molecule has 4 nitrogen and oxygen atoms in total. The van der Waals surface area contributed by atoms with Gasteiger partial charge in [0, 0.05) is 12.1 Å². The predicted octanol–water partition coefficient (Wildman–Crippen LogP) is 1.80. The van der Waals surface area contributed by atoms with Gasteiger partial charge in [-0.3, -0.25) is 9.59 Å². The second-order valence-corrected chi connectivity index (χ2v) is 3.82. The number of rotatable bonds is 3. The molecule has 0 saturated heterocycles. The van der Waals surface area contributed by atoms with E-state index < -0.39 is 0 Å². The summed E-state index contributed by atoms with van der Waals surface area (Å²) in [6.45, 7) is 5.55. The Morgan fingerprint density at radius 1 is 1.59 bits per heavy atom. The van der Waals surface area contributed by atoms with Gasteiger partial charge in [0.2, 0.25) is 0 Å². The normalized spacial score (nSPS) is 13.9. The fourth-order valence-electron chi connectivity index (χ4n) is 1.75. The van der Waals surface area contributed by atoms with Gasteiger partial charge in [-0.15, -0.1) is 6.58 Å². The van der Waals surface area contributed by atoms with Crippen LogP contribution in [0.15, 0.2) is 30.9 Å². The Balaban J connectivity index is 2.48. The molecule has 0 radical (unpaired) electrons. The van der Waals surface area contributed by atoms with Crippen LogP contribution in [0.3, 0.4) is 0 Å². The Hall–Kier alpha value is -2.10. The topological polar surface area (TPSA) is 46.6 Å². The molecule has 0 unspecified atom stereocenters. The summed E-state index contributed by atoms with van der Waals surface area (Å²) in [7, 11) is 0. The first-order chi connectivity index (χ1) is 8.13. The van der Waals surface area contributed by atoms with E-state index in [1.54, 1.807) is 29.2 Å². The van der Waals surface area contributed by atoms with Crippen LogP contribution >= 0.6 is 0 Å². The monoisotopic (exact) mass is 231 g/mol. The Labute approximate surface area is 99.5 Å². The summed E-state index contributed by atoms with van der Waals surface area (Å²) in [5.41, 5.74) is 1.20. The number of carbonyl (C=O) groups excluding carboxylic acids is 2. The van der Waals surface area contributed by atoms with E-state index in [0.29, 0.717) is 23.5 Å². The van der Waals surface area contributed by atoms with Crippen molar-refractivity contribution in [2.75, 3.05) is 18.1 Å². The molecule has 0 N–H and O–H groups in total. The zero-order chi connectivity index (χ0) is 12.4. The molecule has 1 heterocycles. The van der Waals surface area contributed by atoms with Crippen molar-refractivity contribution in [3.63, 3.8) is 0 Å². The van der Waals surface area contributed by atoms with E-state index in [1.807, 2.05) is 0 Å². The van der Waals surface area contributed by atoms with Crippen LogP contribution in [-0.2, 0) is 4.79 Å². The smallest absolute Gasteiger partial charge is 0.265 e. The van der Waals surface area contributed by atoms with Gasteiger partial charge in [-0.05, 0) is 25.1 Å². The van der Waals surface area contributed by atoms with E-state index in [0.717, 1.165) is 0 Å². The van der Waals surface area contributed by atoms with Gasteiger partial charge in [0.15, 0.2) is 12.4 Å². The lowest BCUT2D eigenvalue weighted by atomic mass is 10.1. The minimum absolute atomic E-state index is 0.0280. The molecule has 0 spiro atoms. The maximum atomic E-state index is 11.7. The molecule has 0 atom stereocenters. The van der Waals surface area contributed by atoms with Gasteiger partial charge in [-0.2, -0.15) is 0 Å². The number of anilines is 1. The van der Waals surface area contributed by atoms with Crippen LogP contribution < -0.4 is 9.64 Å². The lowest BCUT2D eigenvalue weighted by molar-refractivity contribution is -0.121. The summed E-state index contributed by atoms with van der Waals surface area (Å²) < 4.78 is 5.31. The van der Waals surface area contributed by atoms with Crippen LogP contribution in [-0.4, -0.2) is 24.8 Å². The van der Waals surface area contributed by atoms with E-state index in [1.165, 1.54) is 6.92 Å². The molecule has 17 heavy (non-hydrogen) atoms. The maximum Gasteiger partial charge on any atom is 0.265 e. The molecule has 88 valence electrons. The number of Topliss-reactive ketones (excluding diaryl/α,β-unsaturated/α-hetero) is 1. The zero-order valence-corrected chi connectivity index (χ0v) is 9.60. The van der Waals surface area contributed by atoms with Crippen LogP contribution in [0.4, 0.5) is 5.69 Å². The first-order valence-corrected chi connectivity index (χ1v) is 5.32. The zero-order valence-electron chi connectivity index (χ0n) is 9.60. The van der Waals surface area contributed by atoms with Gasteiger partial charge >= 0.3 is 0 Å². The van der Waals surface area contributed by atoms with Crippen LogP contribution in [0, 0.1) is 0 Å². The summed E-state index contributed by atoms with van der Waals surface area (Å²) in [6, 6.07) is 5.09. The van der Waals surface area contributed by atoms with Crippen molar-refractivity contribution in [3.8, 4) is 5.75 Å². The van der Waals surface area contributed by atoms with Crippen LogP contribution in [0.25, 0.3) is 0 Å². The number of benzene rings is 1. The van der Waals surface area contributed by atoms with Crippen molar-refractivity contribution in [3.05, 3.63) is 36.4 Å². The number of carbonyl (C=O) groups is 2. The molecule has 1 aliphatic rings. The first kappa shape index (κ1) is 11.4. The summed E-state index contributed by atoms with van der Waals surface area (Å²) in [6.07, 6.45) is 1.65. The minimum atomic E-state index is -0.127. The molecule has 0 saturated carbocycles. The van der Waals surface area contributed by atoms with Crippen molar-refractivity contribution in [1.82, 2.24) is 0 Å². The highest BCUT2D eigenvalue weighted by Gasteiger charge is 2.25. The second kappa shape index (κ2) is 4.41. The third-order valence-corrected chi connectivity index (χ3v) is 2.62.